The Balaban J connectivity index is 2.45. The standard InChI is InChI=1S/C11H17BrN2O2S/c1-10(2-6-12)14-17(15,16)9-5-11-3-7-13-8-4-11/h3-4,7-8,10,14H,2,5-6,9H2,1H3. The lowest BCUT2D eigenvalue weighted by molar-refractivity contribution is 0.557. The number of hydrogen-bond donors (Lipinski definition) is 1. The first kappa shape index (κ1) is 14.6. The number of halogens is 1. The minimum absolute atomic E-state index is 0.0307. The second-order valence-corrected chi connectivity index (χ2v) is 6.59. The highest BCUT2D eigenvalue weighted by Gasteiger charge is 2.13. The van der Waals surface area contributed by atoms with Gasteiger partial charge < -0.3 is 0 Å². The van der Waals surface area contributed by atoms with E-state index in [2.05, 4.69) is 25.6 Å². The third-order valence-electron chi connectivity index (χ3n) is 2.33. The highest BCUT2D eigenvalue weighted by atomic mass is 79.9. The highest BCUT2D eigenvalue weighted by Crippen LogP contribution is 2.02. The normalized spacial score (nSPS) is 13.5. The molecule has 1 rings (SSSR count). The molecule has 0 aliphatic carbocycles. The van der Waals surface area contributed by atoms with E-state index >= 15 is 0 Å². The van der Waals surface area contributed by atoms with Crippen molar-refractivity contribution in [3.8, 4) is 0 Å². The number of sulfonamides is 1. The summed E-state index contributed by atoms with van der Waals surface area (Å²) in [5, 5.41) is 0.793. The van der Waals surface area contributed by atoms with Crippen molar-refractivity contribution >= 4 is 26.0 Å². The van der Waals surface area contributed by atoms with E-state index in [1.54, 1.807) is 12.4 Å². The van der Waals surface area contributed by atoms with E-state index in [1.165, 1.54) is 0 Å². The largest absolute Gasteiger partial charge is 0.265 e. The van der Waals surface area contributed by atoms with Gasteiger partial charge in [-0.2, -0.15) is 0 Å². The Kier molecular flexibility index (Phi) is 6.08. The molecule has 0 saturated carbocycles. The molecule has 6 heteroatoms. The molecule has 0 aliphatic rings. The van der Waals surface area contributed by atoms with Gasteiger partial charge in [-0.25, -0.2) is 13.1 Å². The van der Waals surface area contributed by atoms with Crippen molar-refractivity contribution in [1.82, 2.24) is 9.71 Å². The number of hydrogen-bond acceptors (Lipinski definition) is 3. The Morgan fingerprint density at radius 2 is 2.06 bits per heavy atom. The van der Waals surface area contributed by atoms with E-state index in [0.29, 0.717) is 6.42 Å². The van der Waals surface area contributed by atoms with Gasteiger partial charge in [0.2, 0.25) is 10.0 Å². The van der Waals surface area contributed by atoms with Crippen LogP contribution in [0.25, 0.3) is 0 Å². The minimum Gasteiger partial charge on any atom is -0.265 e. The first-order valence-corrected chi connectivity index (χ1v) is 8.26. The lowest BCUT2D eigenvalue weighted by atomic mass is 10.2. The molecule has 0 bridgehead atoms. The predicted molar refractivity (Wildman–Crippen MR) is 72.7 cm³/mol. The van der Waals surface area contributed by atoms with E-state index in [4.69, 9.17) is 0 Å². The number of nitrogens with zero attached hydrogens (tertiary/aromatic N) is 1. The second kappa shape index (κ2) is 7.08. The summed E-state index contributed by atoms with van der Waals surface area (Å²) in [5.41, 5.74) is 0.985. The van der Waals surface area contributed by atoms with Gasteiger partial charge in [0, 0.05) is 23.8 Å². The van der Waals surface area contributed by atoms with Crippen molar-refractivity contribution in [3.63, 3.8) is 0 Å². The molecule has 96 valence electrons. The SMILES string of the molecule is CC(CCBr)NS(=O)(=O)CCc1ccncc1. The molecular weight excluding hydrogens is 304 g/mol. The van der Waals surface area contributed by atoms with Gasteiger partial charge in [0.25, 0.3) is 0 Å². The predicted octanol–water partition coefficient (Wildman–Crippen LogP) is 1.72. The van der Waals surface area contributed by atoms with Crippen LogP contribution < -0.4 is 4.72 Å². The first-order valence-electron chi connectivity index (χ1n) is 5.48. The number of aryl methyl sites for hydroxylation is 1. The van der Waals surface area contributed by atoms with Gasteiger partial charge >= 0.3 is 0 Å². The van der Waals surface area contributed by atoms with Gasteiger partial charge in [-0.15, -0.1) is 0 Å². The molecule has 0 spiro atoms. The number of nitrogens with one attached hydrogen (secondary N) is 1. The van der Waals surface area contributed by atoms with E-state index < -0.39 is 10.0 Å². The molecule has 1 aromatic rings. The van der Waals surface area contributed by atoms with Crippen LogP contribution in [0.3, 0.4) is 0 Å². The summed E-state index contributed by atoms with van der Waals surface area (Å²) in [6, 6.07) is 3.63. The summed E-state index contributed by atoms with van der Waals surface area (Å²) in [4.78, 5) is 3.89. The summed E-state index contributed by atoms with van der Waals surface area (Å²) in [7, 11) is -3.19. The Morgan fingerprint density at radius 3 is 2.65 bits per heavy atom. The third-order valence-corrected chi connectivity index (χ3v) is 4.29. The Hall–Kier alpha value is -0.460. The molecule has 0 radical (unpaired) electrons. The van der Waals surface area contributed by atoms with Crippen molar-refractivity contribution in [2.45, 2.75) is 25.8 Å². The van der Waals surface area contributed by atoms with Gasteiger partial charge in [0.05, 0.1) is 5.75 Å². The van der Waals surface area contributed by atoms with Crippen molar-refractivity contribution < 1.29 is 8.42 Å². The molecule has 0 amide bonds. The zero-order valence-corrected chi connectivity index (χ0v) is 12.2. The van der Waals surface area contributed by atoms with Crippen LogP contribution in [0.15, 0.2) is 24.5 Å². The summed E-state index contributed by atoms with van der Waals surface area (Å²) < 4.78 is 26.1. The molecule has 1 aromatic heterocycles. The van der Waals surface area contributed by atoms with Crippen molar-refractivity contribution in [1.29, 1.82) is 0 Å². The summed E-state index contributed by atoms with van der Waals surface area (Å²) in [6.45, 7) is 1.87. The average Bonchev–Trinajstić information content (AvgIpc) is 2.27. The molecule has 1 N–H and O–H groups in total. The van der Waals surface area contributed by atoms with Crippen LogP contribution in [0.2, 0.25) is 0 Å². The summed E-state index contributed by atoms with van der Waals surface area (Å²) >= 11 is 3.29. The maximum absolute atomic E-state index is 11.7. The maximum atomic E-state index is 11.7. The Bertz CT molecular complexity index is 422. The monoisotopic (exact) mass is 320 g/mol. The minimum atomic E-state index is -3.19. The molecule has 0 aromatic carbocycles. The van der Waals surface area contributed by atoms with Crippen LogP contribution in [0.1, 0.15) is 18.9 Å². The van der Waals surface area contributed by atoms with E-state index in [1.807, 2.05) is 19.1 Å². The quantitative estimate of drug-likeness (QED) is 0.778. The Morgan fingerprint density at radius 1 is 1.41 bits per heavy atom. The number of rotatable bonds is 7. The Labute approximate surface area is 111 Å². The number of pyridine rings is 1. The molecule has 0 saturated heterocycles. The zero-order valence-electron chi connectivity index (χ0n) is 9.77. The van der Waals surface area contributed by atoms with Crippen LogP contribution in [-0.2, 0) is 16.4 Å². The van der Waals surface area contributed by atoms with Crippen LogP contribution in [0.5, 0.6) is 0 Å². The first-order chi connectivity index (χ1) is 8.03. The lowest BCUT2D eigenvalue weighted by Gasteiger charge is -2.12. The van der Waals surface area contributed by atoms with Crippen LogP contribution >= 0.6 is 15.9 Å². The summed E-state index contributed by atoms with van der Waals surface area (Å²) in [6.07, 6.45) is 4.64. The molecule has 1 atom stereocenters. The number of aromatic nitrogens is 1. The molecule has 0 aliphatic heterocycles. The third kappa shape index (κ3) is 6.14. The van der Waals surface area contributed by atoms with Crippen LogP contribution in [0.4, 0.5) is 0 Å². The molecule has 17 heavy (non-hydrogen) atoms. The van der Waals surface area contributed by atoms with Crippen LogP contribution in [0, 0.1) is 0 Å². The van der Waals surface area contributed by atoms with Crippen molar-refractivity contribution in [3.05, 3.63) is 30.1 Å². The van der Waals surface area contributed by atoms with Crippen molar-refractivity contribution in [2.24, 2.45) is 0 Å². The van der Waals surface area contributed by atoms with Gasteiger partial charge in [-0.05, 0) is 37.5 Å². The molecular formula is C11H17BrN2O2S. The van der Waals surface area contributed by atoms with Gasteiger partial charge in [-0.1, -0.05) is 15.9 Å². The zero-order chi connectivity index (χ0) is 12.7. The fraction of sp³-hybridized carbons (Fsp3) is 0.545. The van der Waals surface area contributed by atoms with E-state index in [9.17, 15) is 8.42 Å². The molecule has 4 nitrogen and oxygen atoms in total. The molecule has 1 unspecified atom stereocenters. The maximum Gasteiger partial charge on any atom is 0.212 e. The lowest BCUT2D eigenvalue weighted by Crippen LogP contribution is -2.35. The van der Waals surface area contributed by atoms with E-state index in [-0.39, 0.29) is 11.8 Å². The average molecular weight is 321 g/mol. The van der Waals surface area contributed by atoms with E-state index in [0.717, 1.165) is 17.3 Å². The van der Waals surface area contributed by atoms with Gasteiger partial charge in [0.1, 0.15) is 0 Å². The highest BCUT2D eigenvalue weighted by molar-refractivity contribution is 9.09. The fourth-order valence-electron chi connectivity index (χ4n) is 1.39. The van der Waals surface area contributed by atoms with Crippen LogP contribution in [-0.4, -0.2) is 30.5 Å². The smallest absolute Gasteiger partial charge is 0.212 e. The van der Waals surface area contributed by atoms with Gasteiger partial charge in [0.15, 0.2) is 0 Å². The van der Waals surface area contributed by atoms with Crippen molar-refractivity contribution in [2.75, 3.05) is 11.1 Å². The fourth-order valence-corrected chi connectivity index (χ4v) is 3.43. The molecule has 1 heterocycles. The van der Waals surface area contributed by atoms with Gasteiger partial charge in [-0.3, -0.25) is 4.98 Å². The molecule has 0 fully saturated rings. The summed E-state index contributed by atoms with van der Waals surface area (Å²) in [5.74, 6) is 0.115. The topological polar surface area (TPSA) is 59.1 Å². The second-order valence-electron chi connectivity index (χ2n) is 3.92. The number of alkyl halides is 1.